The van der Waals surface area contributed by atoms with Crippen LogP contribution in [-0.4, -0.2) is 50.8 Å². The van der Waals surface area contributed by atoms with Crippen molar-refractivity contribution >= 4 is 33.2 Å². The average molecular weight is 309 g/mol. The molecule has 7 heteroatoms. The van der Waals surface area contributed by atoms with Crippen molar-refractivity contribution < 1.29 is 8.42 Å². The number of sulfonamides is 1. The third-order valence-electron chi connectivity index (χ3n) is 2.97. The first-order valence-corrected chi connectivity index (χ1v) is 7.74. The molecule has 0 aromatic heterocycles. The average Bonchev–Trinajstić information content (AvgIpc) is 2.32. The van der Waals surface area contributed by atoms with E-state index in [1.165, 1.54) is 16.4 Å². The SMILES string of the molecule is CN1CCN(S(=O)(=O)c2cc(Cl)ccc2Cl)CC1. The molecule has 1 aromatic rings. The zero-order chi connectivity index (χ0) is 13.3. The number of benzene rings is 1. The number of hydrogen-bond donors (Lipinski definition) is 0. The lowest BCUT2D eigenvalue weighted by molar-refractivity contribution is 0.222. The standard InChI is InChI=1S/C11H14Cl2N2O2S/c1-14-4-6-15(7-5-14)18(16,17)11-8-9(12)2-3-10(11)13/h2-3,8H,4-7H2,1H3. The Bertz CT molecular complexity index is 540. The summed E-state index contributed by atoms with van der Waals surface area (Å²) in [6.45, 7) is 2.39. The number of hydrogen-bond acceptors (Lipinski definition) is 3. The summed E-state index contributed by atoms with van der Waals surface area (Å²) in [7, 11) is -1.58. The highest BCUT2D eigenvalue weighted by Gasteiger charge is 2.29. The van der Waals surface area contributed by atoms with Gasteiger partial charge in [-0.1, -0.05) is 23.2 Å². The fourth-order valence-corrected chi connectivity index (χ4v) is 4.00. The number of rotatable bonds is 2. The van der Waals surface area contributed by atoms with Crippen molar-refractivity contribution in [1.82, 2.24) is 9.21 Å². The molecule has 0 radical (unpaired) electrons. The van der Waals surface area contributed by atoms with Gasteiger partial charge in [-0.2, -0.15) is 4.31 Å². The van der Waals surface area contributed by atoms with Crippen molar-refractivity contribution in [2.45, 2.75) is 4.90 Å². The molecule has 1 heterocycles. The van der Waals surface area contributed by atoms with Crippen molar-refractivity contribution in [1.29, 1.82) is 0 Å². The van der Waals surface area contributed by atoms with E-state index >= 15 is 0 Å². The van der Waals surface area contributed by atoms with Gasteiger partial charge in [-0.25, -0.2) is 8.42 Å². The number of halogens is 2. The lowest BCUT2D eigenvalue weighted by Crippen LogP contribution is -2.47. The fraction of sp³-hybridized carbons (Fsp3) is 0.455. The van der Waals surface area contributed by atoms with Gasteiger partial charge in [0.1, 0.15) is 4.90 Å². The van der Waals surface area contributed by atoms with Gasteiger partial charge < -0.3 is 4.90 Å². The molecule has 0 unspecified atom stereocenters. The van der Waals surface area contributed by atoms with E-state index in [1.54, 1.807) is 6.07 Å². The van der Waals surface area contributed by atoms with Crippen LogP contribution in [0.1, 0.15) is 0 Å². The number of nitrogens with zero attached hydrogens (tertiary/aromatic N) is 2. The highest BCUT2D eigenvalue weighted by atomic mass is 35.5. The van der Waals surface area contributed by atoms with Gasteiger partial charge in [0.05, 0.1) is 5.02 Å². The topological polar surface area (TPSA) is 40.6 Å². The van der Waals surface area contributed by atoms with Crippen LogP contribution in [0.4, 0.5) is 0 Å². The Balaban J connectivity index is 2.33. The summed E-state index contributed by atoms with van der Waals surface area (Å²) in [5.74, 6) is 0. The summed E-state index contributed by atoms with van der Waals surface area (Å²) in [5, 5.41) is 0.574. The molecular weight excluding hydrogens is 295 g/mol. The van der Waals surface area contributed by atoms with Crippen molar-refractivity contribution in [2.75, 3.05) is 33.2 Å². The fourth-order valence-electron chi connectivity index (χ4n) is 1.84. The molecule has 1 aliphatic rings. The Morgan fingerprint density at radius 3 is 2.33 bits per heavy atom. The van der Waals surface area contributed by atoms with Gasteiger partial charge >= 0.3 is 0 Å². The van der Waals surface area contributed by atoms with Crippen molar-refractivity contribution in [3.63, 3.8) is 0 Å². The van der Waals surface area contributed by atoms with Gasteiger partial charge in [0.15, 0.2) is 0 Å². The molecule has 1 saturated heterocycles. The first-order chi connectivity index (χ1) is 8.41. The van der Waals surface area contributed by atoms with E-state index in [1.807, 2.05) is 7.05 Å². The van der Waals surface area contributed by atoms with Gasteiger partial charge in [-0.05, 0) is 25.2 Å². The summed E-state index contributed by atoms with van der Waals surface area (Å²) in [4.78, 5) is 2.17. The minimum atomic E-state index is -3.55. The predicted molar refractivity (Wildman–Crippen MR) is 72.7 cm³/mol. The molecule has 0 atom stereocenters. The van der Waals surface area contributed by atoms with Crippen LogP contribution in [0.2, 0.25) is 10.0 Å². The maximum Gasteiger partial charge on any atom is 0.244 e. The minimum Gasteiger partial charge on any atom is -0.304 e. The van der Waals surface area contributed by atoms with Gasteiger partial charge in [-0.15, -0.1) is 0 Å². The molecule has 0 N–H and O–H groups in total. The van der Waals surface area contributed by atoms with Gasteiger partial charge in [0.25, 0.3) is 0 Å². The van der Waals surface area contributed by atoms with Crippen molar-refractivity contribution in [3.8, 4) is 0 Å². The van der Waals surface area contributed by atoms with Crippen LogP contribution in [0.25, 0.3) is 0 Å². The Hall–Kier alpha value is -0.330. The lowest BCUT2D eigenvalue weighted by Gasteiger charge is -2.31. The van der Waals surface area contributed by atoms with E-state index in [9.17, 15) is 8.42 Å². The van der Waals surface area contributed by atoms with Crippen LogP contribution in [-0.2, 0) is 10.0 Å². The van der Waals surface area contributed by atoms with Crippen LogP contribution >= 0.6 is 23.2 Å². The molecule has 0 bridgehead atoms. The van der Waals surface area contributed by atoms with Gasteiger partial charge in [0, 0.05) is 31.2 Å². The van der Waals surface area contributed by atoms with Gasteiger partial charge in [-0.3, -0.25) is 0 Å². The highest BCUT2D eigenvalue weighted by Crippen LogP contribution is 2.28. The summed E-state index contributed by atoms with van der Waals surface area (Å²) in [6, 6.07) is 4.48. The first-order valence-electron chi connectivity index (χ1n) is 5.55. The quantitative estimate of drug-likeness (QED) is 0.838. The van der Waals surface area contributed by atoms with Crippen LogP contribution in [0.3, 0.4) is 0 Å². The first kappa shape index (κ1) is 14.1. The Labute approximate surface area is 117 Å². The van der Waals surface area contributed by atoms with Crippen LogP contribution in [0.15, 0.2) is 23.1 Å². The summed E-state index contributed by atoms with van der Waals surface area (Å²) in [5.41, 5.74) is 0. The van der Waals surface area contributed by atoms with E-state index in [-0.39, 0.29) is 9.92 Å². The molecule has 1 aromatic carbocycles. The molecule has 1 aliphatic heterocycles. The molecule has 18 heavy (non-hydrogen) atoms. The molecule has 0 amide bonds. The van der Waals surface area contributed by atoms with Gasteiger partial charge in [0.2, 0.25) is 10.0 Å². The molecule has 0 saturated carbocycles. The molecule has 4 nitrogen and oxygen atoms in total. The molecule has 1 fully saturated rings. The summed E-state index contributed by atoms with van der Waals surface area (Å²) in [6.07, 6.45) is 0. The van der Waals surface area contributed by atoms with E-state index in [4.69, 9.17) is 23.2 Å². The molecule has 2 rings (SSSR count). The monoisotopic (exact) mass is 308 g/mol. The number of likely N-dealkylation sites (N-methyl/N-ethyl adjacent to an activating group) is 1. The zero-order valence-corrected chi connectivity index (χ0v) is 12.3. The molecule has 100 valence electrons. The Kier molecular flexibility index (Phi) is 4.18. The normalized spacial score (nSPS) is 19.1. The second kappa shape index (κ2) is 5.35. The van der Waals surface area contributed by atoms with Crippen LogP contribution in [0, 0.1) is 0 Å². The Morgan fingerprint density at radius 1 is 1.11 bits per heavy atom. The van der Waals surface area contributed by atoms with E-state index < -0.39 is 10.0 Å². The third kappa shape index (κ3) is 2.81. The van der Waals surface area contributed by atoms with E-state index in [2.05, 4.69) is 4.90 Å². The van der Waals surface area contributed by atoms with Crippen molar-refractivity contribution in [3.05, 3.63) is 28.2 Å². The summed E-state index contributed by atoms with van der Waals surface area (Å²) >= 11 is 11.8. The minimum absolute atomic E-state index is 0.0845. The largest absolute Gasteiger partial charge is 0.304 e. The molecule has 0 aliphatic carbocycles. The highest BCUT2D eigenvalue weighted by molar-refractivity contribution is 7.89. The molecule has 0 spiro atoms. The van der Waals surface area contributed by atoms with E-state index in [0.29, 0.717) is 18.1 Å². The maximum absolute atomic E-state index is 12.4. The van der Waals surface area contributed by atoms with Crippen LogP contribution < -0.4 is 0 Å². The summed E-state index contributed by atoms with van der Waals surface area (Å²) < 4.78 is 26.3. The predicted octanol–water partition coefficient (Wildman–Crippen LogP) is 1.93. The Morgan fingerprint density at radius 2 is 1.72 bits per heavy atom. The second-order valence-corrected chi connectivity index (χ2v) is 7.03. The molecular formula is C11H14Cl2N2O2S. The third-order valence-corrected chi connectivity index (χ3v) is 5.59. The van der Waals surface area contributed by atoms with E-state index in [0.717, 1.165) is 13.1 Å². The second-order valence-electron chi connectivity index (χ2n) is 4.28. The van der Waals surface area contributed by atoms with Crippen LogP contribution in [0.5, 0.6) is 0 Å². The maximum atomic E-state index is 12.4. The number of piperazine rings is 1. The van der Waals surface area contributed by atoms with Crippen molar-refractivity contribution in [2.24, 2.45) is 0 Å². The lowest BCUT2D eigenvalue weighted by atomic mass is 10.4. The smallest absolute Gasteiger partial charge is 0.244 e. The zero-order valence-electron chi connectivity index (χ0n) is 9.94.